The van der Waals surface area contributed by atoms with Crippen LogP contribution in [-0.4, -0.2) is 15.6 Å². The van der Waals surface area contributed by atoms with Gasteiger partial charge in [0.25, 0.3) is 5.56 Å². The van der Waals surface area contributed by atoms with Crippen molar-refractivity contribution in [3.8, 4) is 11.1 Å². The molecule has 2 amide bonds. The average Bonchev–Trinajstić information content (AvgIpc) is 2.84. The Kier molecular flexibility index (Phi) is 7.66. The molecule has 0 aliphatic heterocycles. The van der Waals surface area contributed by atoms with Gasteiger partial charge in [0.05, 0.1) is 0 Å². The van der Waals surface area contributed by atoms with Gasteiger partial charge in [-0.1, -0.05) is 73.5 Å². The first-order chi connectivity index (χ1) is 16.9. The first kappa shape index (κ1) is 24.7. The van der Waals surface area contributed by atoms with Crippen LogP contribution < -0.4 is 16.2 Å². The Morgan fingerprint density at radius 2 is 1.86 bits per heavy atom. The standard InChI is InChI=1S/C28H29BrN4O2/c1-4-5-16-33-26-22(13-9-15-30-26)24(19-10-8-11-20(29)17-19)25(27(33)34)32-28(35)31-23-14-7-6-12-21(23)18(2)3/h6-15,17-18H,4-5,16H2,1-3H3,(H2,31,32,35). The molecule has 0 saturated carbocycles. The maximum absolute atomic E-state index is 13.8. The van der Waals surface area contributed by atoms with Crippen LogP contribution in [0.1, 0.15) is 45.1 Å². The lowest BCUT2D eigenvalue weighted by molar-refractivity contribution is 0.262. The summed E-state index contributed by atoms with van der Waals surface area (Å²) in [5.74, 6) is 0.238. The van der Waals surface area contributed by atoms with Crippen LogP contribution in [-0.2, 0) is 6.54 Å². The Bertz CT molecular complexity index is 1430. The minimum absolute atomic E-state index is 0.235. The highest BCUT2D eigenvalue weighted by Crippen LogP contribution is 2.34. The number of unbranched alkanes of at least 4 members (excludes halogenated alkanes) is 1. The van der Waals surface area contributed by atoms with Gasteiger partial charge < -0.3 is 10.6 Å². The fourth-order valence-corrected chi connectivity index (χ4v) is 4.64. The minimum atomic E-state index is -0.461. The van der Waals surface area contributed by atoms with E-state index in [9.17, 15) is 9.59 Å². The summed E-state index contributed by atoms with van der Waals surface area (Å²) >= 11 is 3.53. The molecular formula is C28H29BrN4O2. The zero-order chi connectivity index (χ0) is 24.9. The van der Waals surface area contributed by atoms with Gasteiger partial charge in [-0.25, -0.2) is 9.78 Å². The lowest BCUT2D eigenvalue weighted by Crippen LogP contribution is -2.30. The molecule has 35 heavy (non-hydrogen) atoms. The number of para-hydroxylation sites is 1. The van der Waals surface area contributed by atoms with Gasteiger partial charge in [-0.05, 0) is 53.8 Å². The van der Waals surface area contributed by atoms with Crippen LogP contribution in [0.3, 0.4) is 0 Å². The number of aromatic nitrogens is 2. The topological polar surface area (TPSA) is 76.0 Å². The predicted octanol–water partition coefficient (Wildman–Crippen LogP) is 7.39. The van der Waals surface area contributed by atoms with Crippen LogP contribution in [0, 0.1) is 0 Å². The molecule has 0 aliphatic rings. The van der Waals surface area contributed by atoms with E-state index < -0.39 is 6.03 Å². The van der Waals surface area contributed by atoms with Crippen LogP contribution in [0.4, 0.5) is 16.2 Å². The van der Waals surface area contributed by atoms with Crippen LogP contribution >= 0.6 is 15.9 Å². The van der Waals surface area contributed by atoms with E-state index in [1.165, 1.54) is 0 Å². The maximum Gasteiger partial charge on any atom is 0.323 e. The Morgan fingerprint density at radius 3 is 2.60 bits per heavy atom. The van der Waals surface area contributed by atoms with Crippen LogP contribution in [0.15, 0.2) is 76.1 Å². The van der Waals surface area contributed by atoms with E-state index in [0.717, 1.165) is 39.5 Å². The van der Waals surface area contributed by atoms with Gasteiger partial charge in [0.2, 0.25) is 0 Å². The summed E-state index contributed by atoms with van der Waals surface area (Å²) in [5, 5.41) is 6.64. The van der Waals surface area contributed by atoms with Crippen LogP contribution in [0.2, 0.25) is 0 Å². The number of hydrogen-bond donors (Lipinski definition) is 2. The number of nitrogens with zero attached hydrogens (tertiary/aromatic N) is 2. The fraction of sp³-hybridized carbons (Fsp3) is 0.250. The summed E-state index contributed by atoms with van der Waals surface area (Å²) in [6, 6.07) is 18.7. The normalized spacial score (nSPS) is 11.1. The third kappa shape index (κ3) is 5.30. The summed E-state index contributed by atoms with van der Waals surface area (Å²) in [6.07, 6.45) is 3.45. The molecule has 7 heteroatoms. The Labute approximate surface area is 213 Å². The highest BCUT2D eigenvalue weighted by molar-refractivity contribution is 9.10. The van der Waals surface area contributed by atoms with Crippen molar-refractivity contribution in [3.63, 3.8) is 0 Å². The number of urea groups is 1. The smallest absolute Gasteiger partial charge is 0.307 e. The number of halogens is 1. The molecule has 180 valence electrons. The van der Waals surface area contributed by atoms with Crippen molar-refractivity contribution in [2.75, 3.05) is 10.6 Å². The van der Waals surface area contributed by atoms with Crippen molar-refractivity contribution in [2.45, 2.75) is 46.1 Å². The molecule has 0 unspecified atom stereocenters. The number of fused-ring (bicyclic) bond motifs is 1. The van der Waals surface area contributed by atoms with E-state index in [-0.39, 0.29) is 17.2 Å². The number of anilines is 2. The molecule has 2 heterocycles. The van der Waals surface area contributed by atoms with Crippen molar-refractivity contribution < 1.29 is 4.79 Å². The molecule has 0 saturated heterocycles. The second-order valence-corrected chi connectivity index (χ2v) is 9.68. The molecule has 0 aliphatic carbocycles. The number of carbonyl (C=O) groups is 1. The number of aryl methyl sites for hydroxylation is 1. The summed E-state index contributed by atoms with van der Waals surface area (Å²) in [4.78, 5) is 31.6. The molecule has 0 fully saturated rings. The van der Waals surface area contributed by atoms with Crippen molar-refractivity contribution in [1.82, 2.24) is 9.55 Å². The highest BCUT2D eigenvalue weighted by Gasteiger charge is 2.21. The molecule has 0 atom stereocenters. The van der Waals surface area contributed by atoms with E-state index >= 15 is 0 Å². The van der Waals surface area contributed by atoms with Gasteiger partial charge in [-0.2, -0.15) is 0 Å². The highest BCUT2D eigenvalue weighted by atomic mass is 79.9. The molecule has 2 aromatic carbocycles. The fourth-order valence-electron chi connectivity index (χ4n) is 4.24. The molecular weight excluding hydrogens is 504 g/mol. The quantitative estimate of drug-likeness (QED) is 0.260. The number of hydrogen-bond acceptors (Lipinski definition) is 3. The third-order valence-corrected chi connectivity index (χ3v) is 6.43. The molecule has 0 radical (unpaired) electrons. The first-order valence-corrected chi connectivity index (χ1v) is 12.6. The number of rotatable bonds is 7. The van der Waals surface area contributed by atoms with E-state index in [1.54, 1.807) is 10.8 Å². The number of amides is 2. The van der Waals surface area contributed by atoms with Gasteiger partial charge in [-0.3, -0.25) is 9.36 Å². The molecule has 2 N–H and O–H groups in total. The summed E-state index contributed by atoms with van der Waals surface area (Å²) in [7, 11) is 0. The number of pyridine rings is 2. The van der Waals surface area contributed by atoms with Gasteiger partial charge in [0.1, 0.15) is 11.3 Å². The third-order valence-electron chi connectivity index (χ3n) is 5.94. The van der Waals surface area contributed by atoms with Crippen LogP contribution in [0.5, 0.6) is 0 Å². The molecule has 4 aromatic rings. The predicted molar refractivity (Wildman–Crippen MR) is 147 cm³/mol. The second-order valence-electron chi connectivity index (χ2n) is 8.77. The SMILES string of the molecule is CCCCn1c(=O)c(NC(=O)Nc2ccccc2C(C)C)c(-c2cccc(Br)c2)c2cccnc21. The Morgan fingerprint density at radius 1 is 1.06 bits per heavy atom. The lowest BCUT2D eigenvalue weighted by atomic mass is 10.00. The van der Waals surface area contributed by atoms with E-state index in [0.29, 0.717) is 17.8 Å². The summed E-state index contributed by atoms with van der Waals surface area (Å²) in [5.41, 5.74) is 3.79. The second kappa shape index (κ2) is 10.9. The molecule has 2 aromatic heterocycles. The molecule has 0 spiro atoms. The zero-order valence-corrected chi connectivity index (χ0v) is 21.7. The monoisotopic (exact) mass is 532 g/mol. The van der Waals surface area contributed by atoms with E-state index in [4.69, 9.17) is 0 Å². The molecule has 0 bridgehead atoms. The van der Waals surface area contributed by atoms with Gasteiger partial charge >= 0.3 is 6.03 Å². The largest absolute Gasteiger partial charge is 0.323 e. The summed E-state index contributed by atoms with van der Waals surface area (Å²) in [6.45, 7) is 6.75. The van der Waals surface area contributed by atoms with Crippen LogP contribution in [0.25, 0.3) is 22.2 Å². The number of nitrogens with one attached hydrogen (secondary N) is 2. The Hall–Kier alpha value is -3.45. The van der Waals surface area contributed by atoms with Gasteiger partial charge in [-0.15, -0.1) is 0 Å². The average molecular weight is 533 g/mol. The van der Waals surface area contributed by atoms with E-state index in [1.807, 2.05) is 60.7 Å². The van der Waals surface area contributed by atoms with Crippen molar-refractivity contribution in [3.05, 3.63) is 87.3 Å². The molecule has 4 rings (SSSR count). The zero-order valence-electron chi connectivity index (χ0n) is 20.1. The number of carbonyl (C=O) groups excluding carboxylic acids is 1. The van der Waals surface area contributed by atoms with Gasteiger partial charge in [0.15, 0.2) is 0 Å². The Balaban J connectivity index is 1.87. The number of benzene rings is 2. The maximum atomic E-state index is 13.8. The minimum Gasteiger partial charge on any atom is -0.307 e. The first-order valence-electron chi connectivity index (χ1n) is 11.8. The molecule has 6 nitrogen and oxygen atoms in total. The van der Waals surface area contributed by atoms with Crippen molar-refractivity contribution >= 4 is 44.4 Å². The van der Waals surface area contributed by atoms with Crippen molar-refractivity contribution in [1.29, 1.82) is 0 Å². The summed E-state index contributed by atoms with van der Waals surface area (Å²) < 4.78 is 2.54. The van der Waals surface area contributed by atoms with E-state index in [2.05, 4.69) is 52.3 Å². The van der Waals surface area contributed by atoms with Crippen molar-refractivity contribution in [2.24, 2.45) is 0 Å². The van der Waals surface area contributed by atoms with Gasteiger partial charge in [0, 0.05) is 33.9 Å². The lowest BCUT2D eigenvalue weighted by Gasteiger charge is -2.19.